The molecule has 0 aromatic carbocycles. The van der Waals surface area contributed by atoms with E-state index in [1.54, 1.807) is 15.6 Å². The van der Waals surface area contributed by atoms with E-state index >= 15 is 0 Å². The Bertz CT molecular complexity index is 623. The Kier molecular flexibility index (Phi) is 4.03. The number of hydrogen-bond acceptors (Lipinski definition) is 5. The van der Waals surface area contributed by atoms with Crippen LogP contribution in [0.1, 0.15) is 34.6 Å². The molecule has 0 saturated carbocycles. The van der Waals surface area contributed by atoms with Crippen LogP contribution in [0.3, 0.4) is 0 Å². The summed E-state index contributed by atoms with van der Waals surface area (Å²) in [6.45, 7) is 4.43. The molecule has 0 spiro atoms. The number of hydrogen-bond donors (Lipinski definition) is 0. The summed E-state index contributed by atoms with van der Waals surface area (Å²) in [5, 5.41) is 6.32. The van der Waals surface area contributed by atoms with Crippen LogP contribution in [0, 0.1) is 0 Å². The van der Waals surface area contributed by atoms with Gasteiger partial charge in [-0.05, 0) is 6.92 Å². The number of thiazole rings is 1. The average molecular weight is 306 g/mol. The van der Waals surface area contributed by atoms with E-state index < -0.39 is 0 Å². The molecule has 6 nitrogen and oxygen atoms in total. The minimum Gasteiger partial charge on any atom is -0.381 e. The van der Waals surface area contributed by atoms with Crippen molar-refractivity contribution in [2.45, 2.75) is 19.4 Å². The van der Waals surface area contributed by atoms with Gasteiger partial charge < -0.3 is 9.64 Å². The van der Waals surface area contributed by atoms with Crippen LogP contribution in [0.2, 0.25) is 0 Å². The number of ether oxygens (including phenoxy) is 1. The summed E-state index contributed by atoms with van der Waals surface area (Å²) in [4.78, 5) is 18.4. The minimum atomic E-state index is -0.0211. The second kappa shape index (κ2) is 5.95. The summed E-state index contributed by atoms with van der Waals surface area (Å²) in [5.41, 5.74) is 4.34. The van der Waals surface area contributed by atoms with E-state index in [0.717, 1.165) is 11.3 Å². The molecule has 1 amide bonds. The second-order valence-electron chi connectivity index (χ2n) is 5.13. The van der Waals surface area contributed by atoms with Crippen molar-refractivity contribution in [3.63, 3.8) is 0 Å². The van der Waals surface area contributed by atoms with Gasteiger partial charge in [-0.25, -0.2) is 4.98 Å². The molecule has 3 rings (SSSR count). The Labute approximate surface area is 127 Å². The normalized spacial score (nSPS) is 17.8. The molecule has 0 saturated heterocycles. The van der Waals surface area contributed by atoms with Gasteiger partial charge in [-0.2, -0.15) is 5.10 Å². The predicted octanol–water partition coefficient (Wildman–Crippen LogP) is 1.65. The first-order valence-corrected chi connectivity index (χ1v) is 7.91. The summed E-state index contributed by atoms with van der Waals surface area (Å²) in [5.74, 6) is 0.102. The molecule has 3 heterocycles. The minimum absolute atomic E-state index is 0.0211. The number of nitrogens with zero attached hydrogens (tertiary/aromatic N) is 4. The van der Waals surface area contributed by atoms with Gasteiger partial charge in [-0.3, -0.25) is 9.48 Å². The highest BCUT2D eigenvalue weighted by Crippen LogP contribution is 2.28. The predicted molar refractivity (Wildman–Crippen MR) is 79.3 cm³/mol. The summed E-state index contributed by atoms with van der Waals surface area (Å²) in [6, 6.07) is 0. The van der Waals surface area contributed by atoms with Gasteiger partial charge in [0.1, 0.15) is 5.69 Å². The fraction of sp³-hybridized carbons (Fsp3) is 0.500. The van der Waals surface area contributed by atoms with Gasteiger partial charge in [0.15, 0.2) is 0 Å². The maximum Gasteiger partial charge on any atom is 0.273 e. The van der Waals surface area contributed by atoms with Crippen LogP contribution in [0.5, 0.6) is 0 Å². The van der Waals surface area contributed by atoms with E-state index in [0.29, 0.717) is 32.0 Å². The lowest BCUT2D eigenvalue weighted by molar-refractivity contribution is 0.0647. The lowest BCUT2D eigenvalue weighted by Gasteiger charge is -2.31. The number of aryl methyl sites for hydroxylation is 1. The van der Waals surface area contributed by atoms with Gasteiger partial charge in [0.2, 0.25) is 0 Å². The summed E-state index contributed by atoms with van der Waals surface area (Å²) in [7, 11) is 1.91. The highest BCUT2D eigenvalue weighted by atomic mass is 32.1. The van der Waals surface area contributed by atoms with Gasteiger partial charge in [0, 0.05) is 49.8 Å². The molecule has 0 unspecified atom stereocenters. The van der Waals surface area contributed by atoms with Crippen molar-refractivity contribution >= 4 is 17.2 Å². The molecule has 1 aliphatic heterocycles. The zero-order chi connectivity index (χ0) is 14.8. The first kappa shape index (κ1) is 14.2. The fourth-order valence-corrected chi connectivity index (χ4v) is 3.20. The number of rotatable bonds is 4. The molecule has 112 valence electrons. The fourth-order valence-electron chi connectivity index (χ4n) is 2.67. The molecule has 0 radical (unpaired) electrons. The van der Waals surface area contributed by atoms with E-state index in [1.165, 1.54) is 11.3 Å². The van der Waals surface area contributed by atoms with Crippen molar-refractivity contribution in [1.82, 2.24) is 19.7 Å². The van der Waals surface area contributed by atoms with Crippen molar-refractivity contribution in [3.8, 4) is 0 Å². The molecular weight excluding hydrogens is 288 g/mol. The zero-order valence-electron chi connectivity index (χ0n) is 12.2. The lowest BCUT2D eigenvalue weighted by Crippen LogP contribution is -2.39. The summed E-state index contributed by atoms with van der Waals surface area (Å²) >= 11 is 1.44. The third-order valence-electron chi connectivity index (χ3n) is 3.59. The van der Waals surface area contributed by atoms with Crippen LogP contribution in [0.4, 0.5) is 0 Å². The van der Waals surface area contributed by atoms with Crippen LogP contribution in [0.15, 0.2) is 17.1 Å². The Balaban J connectivity index is 1.84. The molecule has 2 aromatic rings. The highest BCUT2D eigenvalue weighted by molar-refractivity contribution is 7.07. The summed E-state index contributed by atoms with van der Waals surface area (Å²) in [6.07, 6.45) is 1.98. The first-order chi connectivity index (χ1) is 10.2. The Morgan fingerprint density at radius 2 is 2.43 bits per heavy atom. The van der Waals surface area contributed by atoms with E-state index in [-0.39, 0.29) is 11.8 Å². The van der Waals surface area contributed by atoms with Crippen molar-refractivity contribution in [3.05, 3.63) is 34.0 Å². The number of carbonyl (C=O) groups excluding carboxylic acids is 1. The molecule has 0 N–H and O–H groups in total. The van der Waals surface area contributed by atoms with Crippen molar-refractivity contribution < 1.29 is 9.53 Å². The molecule has 1 atom stereocenters. The molecule has 7 heteroatoms. The molecule has 21 heavy (non-hydrogen) atoms. The Morgan fingerprint density at radius 3 is 3.14 bits per heavy atom. The van der Waals surface area contributed by atoms with Crippen LogP contribution in [-0.4, -0.2) is 45.3 Å². The van der Waals surface area contributed by atoms with E-state index in [2.05, 4.69) is 10.1 Å². The average Bonchev–Trinajstić information content (AvgIpc) is 3.11. The monoisotopic (exact) mass is 306 g/mol. The largest absolute Gasteiger partial charge is 0.381 e. The van der Waals surface area contributed by atoms with Gasteiger partial charge in [-0.15, -0.1) is 11.3 Å². The SMILES string of the molecule is CCOC[C@@H]1CN(C(=O)c2cscn2)Cc2cn(C)nc21. The molecule has 0 bridgehead atoms. The number of amides is 1. The van der Waals surface area contributed by atoms with Crippen LogP contribution < -0.4 is 0 Å². The molecule has 0 fully saturated rings. The van der Waals surface area contributed by atoms with Gasteiger partial charge in [-0.1, -0.05) is 0 Å². The van der Waals surface area contributed by atoms with E-state index in [4.69, 9.17) is 4.74 Å². The number of fused-ring (bicyclic) bond motifs is 1. The molecular formula is C14H18N4O2S. The molecule has 0 aliphatic carbocycles. The summed E-state index contributed by atoms with van der Waals surface area (Å²) < 4.78 is 7.36. The van der Waals surface area contributed by atoms with Crippen LogP contribution in [-0.2, 0) is 18.3 Å². The van der Waals surface area contributed by atoms with E-state index in [1.807, 2.05) is 25.1 Å². The standard InChI is InChI=1S/C14H18N4O2S/c1-3-20-7-11-6-18(14(19)12-8-21-9-15-12)5-10-4-17(2)16-13(10)11/h4,8-9,11H,3,5-7H2,1-2H3/t11-/m0/s1. The smallest absolute Gasteiger partial charge is 0.273 e. The highest BCUT2D eigenvalue weighted by Gasteiger charge is 2.31. The lowest BCUT2D eigenvalue weighted by atomic mass is 9.97. The van der Waals surface area contributed by atoms with E-state index in [9.17, 15) is 4.79 Å². The van der Waals surface area contributed by atoms with Crippen LogP contribution in [0.25, 0.3) is 0 Å². The first-order valence-electron chi connectivity index (χ1n) is 6.96. The van der Waals surface area contributed by atoms with Crippen molar-refractivity contribution in [2.24, 2.45) is 7.05 Å². The Hall–Kier alpha value is -1.73. The van der Waals surface area contributed by atoms with Crippen LogP contribution >= 0.6 is 11.3 Å². The number of aromatic nitrogens is 3. The maximum absolute atomic E-state index is 12.5. The van der Waals surface area contributed by atoms with Gasteiger partial charge in [0.25, 0.3) is 5.91 Å². The zero-order valence-corrected chi connectivity index (χ0v) is 13.0. The third kappa shape index (κ3) is 2.84. The van der Waals surface area contributed by atoms with Gasteiger partial charge >= 0.3 is 0 Å². The third-order valence-corrected chi connectivity index (χ3v) is 4.17. The maximum atomic E-state index is 12.5. The second-order valence-corrected chi connectivity index (χ2v) is 5.85. The van der Waals surface area contributed by atoms with Crippen molar-refractivity contribution in [2.75, 3.05) is 19.8 Å². The topological polar surface area (TPSA) is 60.2 Å². The number of carbonyl (C=O) groups is 1. The Morgan fingerprint density at radius 1 is 1.57 bits per heavy atom. The van der Waals surface area contributed by atoms with Gasteiger partial charge in [0.05, 0.1) is 17.8 Å². The van der Waals surface area contributed by atoms with Crippen molar-refractivity contribution in [1.29, 1.82) is 0 Å². The molecule has 1 aliphatic rings. The quantitative estimate of drug-likeness (QED) is 0.862. The molecule has 2 aromatic heterocycles.